The number of carbonyl (C=O) groups excluding carboxylic acids is 1. The van der Waals surface area contributed by atoms with Crippen molar-refractivity contribution in [3.05, 3.63) is 59.8 Å². The zero-order valence-corrected chi connectivity index (χ0v) is 19.0. The molecular weight excluding hydrogens is 434 g/mol. The summed E-state index contributed by atoms with van der Waals surface area (Å²) < 4.78 is 6.16. The molecule has 1 aromatic heterocycles. The molecule has 1 saturated carbocycles. The van der Waals surface area contributed by atoms with Crippen LogP contribution in [0.2, 0.25) is 0 Å². The van der Waals surface area contributed by atoms with E-state index >= 15 is 0 Å². The van der Waals surface area contributed by atoms with Crippen molar-refractivity contribution in [2.75, 3.05) is 29.2 Å². The molecule has 1 fully saturated rings. The third-order valence-corrected chi connectivity index (χ3v) is 6.30. The van der Waals surface area contributed by atoms with E-state index in [9.17, 15) is 14.7 Å². The highest BCUT2D eigenvalue weighted by Gasteiger charge is 2.29. The van der Waals surface area contributed by atoms with Gasteiger partial charge in [-0.05, 0) is 56.0 Å². The molecule has 2 aromatic carbocycles. The van der Waals surface area contributed by atoms with Crippen LogP contribution in [0, 0.1) is 0 Å². The number of fused-ring (bicyclic) bond motifs is 2. The second-order valence-electron chi connectivity index (χ2n) is 8.51. The Kier molecular flexibility index (Phi) is 5.53. The Morgan fingerprint density at radius 2 is 1.85 bits per heavy atom. The maximum Gasteiger partial charge on any atom is 0.335 e. The fourth-order valence-electron chi connectivity index (χ4n) is 4.42. The lowest BCUT2D eigenvalue weighted by Gasteiger charge is -2.22. The number of aromatic nitrogens is 2. The first-order valence-corrected chi connectivity index (χ1v) is 11.2. The van der Waals surface area contributed by atoms with Gasteiger partial charge in [-0.25, -0.2) is 9.78 Å². The summed E-state index contributed by atoms with van der Waals surface area (Å²) in [6.07, 6.45) is 5.74. The summed E-state index contributed by atoms with van der Waals surface area (Å²) in [6.45, 7) is 0. The fourth-order valence-corrected chi connectivity index (χ4v) is 4.42. The van der Waals surface area contributed by atoms with Gasteiger partial charge in [-0.2, -0.15) is 4.98 Å². The lowest BCUT2D eigenvalue weighted by molar-refractivity contribution is 0.0695. The number of anilines is 5. The van der Waals surface area contributed by atoms with Crippen LogP contribution < -0.4 is 19.9 Å². The smallest absolute Gasteiger partial charge is 0.335 e. The Morgan fingerprint density at radius 3 is 2.62 bits per heavy atom. The van der Waals surface area contributed by atoms with Gasteiger partial charge in [0, 0.05) is 14.1 Å². The molecule has 0 atom stereocenters. The zero-order valence-electron chi connectivity index (χ0n) is 19.0. The summed E-state index contributed by atoms with van der Waals surface area (Å²) in [6, 6.07) is 12.1. The number of carboxylic acids is 1. The second-order valence-corrected chi connectivity index (χ2v) is 8.51. The van der Waals surface area contributed by atoms with Crippen LogP contribution in [0.5, 0.6) is 5.75 Å². The number of hydrogen-bond donors (Lipinski definition) is 2. The van der Waals surface area contributed by atoms with E-state index < -0.39 is 5.97 Å². The van der Waals surface area contributed by atoms with Gasteiger partial charge in [-0.1, -0.05) is 12.1 Å². The molecule has 5 rings (SSSR count). The van der Waals surface area contributed by atoms with E-state index in [1.807, 2.05) is 30.1 Å². The predicted octanol–water partition coefficient (Wildman–Crippen LogP) is 4.60. The number of ether oxygens (including phenoxy) is 1. The van der Waals surface area contributed by atoms with Gasteiger partial charge in [0.25, 0.3) is 5.91 Å². The van der Waals surface area contributed by atoms with Crippen LogP contribution in [0.4, 0.5) is 28.8 Å². The molecule has 0 saturated heterocycles. The number of carbonyl (C=O) groups is 2. The van der Waals surface area contributed by atoms with Crippen molar-refractivity contribution in [1.82, 2.24) is 9.97 Å². The molecule has 1 amide bonds. The molecule has 9 nitrogen and oxygen atoms in total. The highest BCUT2D eigenvalue weighted by molar-refractivity contribution is 6.13. The highest BCUT2D eigenvalue weighted by atomic mass is 16.5. The average molecular weight is 460 g/mol. The van der Waals surface area contributed by atoms with E-state index in [2.05, 4.69) is 10.3 Å². The van der Waals surface area contributed by atoms with Gasteiger partial charge in [-0.15, -0.1) is 0 Å². The first-order valence-electron chi connectivity index (χ1n) is 11.2. The van der Waals surface area contributed by atoms with Crippen LogP contribution in [0.3, 0.4) is 0 Å². The molecule has 0 unspecified atom stereocenters. The Labute approximate surface area is 197 Å². The number of para-hydroxylation sites is 1. The van der Waals surface area contributed by atoms with Crippen LogP contribution in [0.1, 0.15) is 46.4 Å². The highest BCUT2D eigenvalue weighted by Crippen LogP contribution is 2.39. The van der Waals surface area contributed by atoms with Crippen molar-refractivity contribution >= 4 is 40.7 Å². The van der Waals surface area contributed by atoms with Gasteiger partial charge >= 0.3 is 5.97 Å². The summed E-state index contributed by atoms with van der Waals surface area (Å²) in [5, 5.41) is 12.6. The minimum Gasteiger partial charge on any atom is -0.488 e. The number of rotatable bonds is 5. The molecular formula is C25H25N5O4. The monoisotopic (exact) mass is 459 g/mol. The van der Waals surface area contributed by atoms with Crippen LogP contribution in [0.25, 0.3) is 0 Å². The molecule has 2 N–H and O–H groups in total. The van der Waals surface area contributed by atoms with Gasteiger partial charge in [-0.3, -0.25) is 4.79 Å². The molecule has 0 radical (unpaired) electrons. The fraction of sp³-hybridized carbons (Fsp3) is 0.280. The van der Waals surface area contributed by atoms with Gasteiger partial charge < -0.3 is 25.0 Å². The Bertz CT molecular complexity index is 1270. The maximum absolute atomic E-state index is 13.0. The van der Waals surface area contributed by atoms with Gasteiger partial charge in [0.2, 0.25) is 5.95 Å². The second kappa shape index (κ2) is 8.66. The lowest BCUT2D eigenvalue weighted by Crippen LogP contribution is -2.25. The van der Waals surface area contributed by atoms with Gasteiger partial charge in [0.1, 0.15) is 11.4 Å². The van der Waals surface area contributed by atoms with E-state index in [-0.39, 0.29) is 17.6 Å². The summed E-state index contributed by atoms with van der Waals surface area (Å²) in [5.41, 5.74) is 2.64. The first kappa shape index (κ1) is 21.7. The molecule has 9 heteroatoms. The standard InChI is InChI=1S/C25H25N5O4/c1-29-19-10-6-5-9-17(19)23(31)30(2)20-14-26-25(28-22(20)29)27-18-12-11-15(24(32)33)13-21(18)34-16-7-3-4-8-16/h5-6,9-14,16H,3-4,7-8H2,1-2H3,(H,32,33)(H,26,27,28). The summed E-state index contributed by atoms with van der Waals surface area (Å²) in [7, 11) is 3.56. The van der Waals surface area contributed by atoms with Crippen LogP contribution in [0.15, 0.2) is 48.7 Å². The number of benzene rings is 2. The third kappa shape index (κ3) is 3.89. The number of amides is 1. The topological polar surface area (TPSA) is 108 Å². The number of hydrogen-bond acceptors (Lipinski definition) is 7. The quantitative estimate of drug-likeness (QED) is 0.570. The number of nitrogens with zero attached hydrogens (tertiary/aromatic N) is 4. The van der Waals surface area contributed by atoms with Crippen LogP contribution in [-0.2, 0) is 0 Å². The number of nitrogens with one attached hydrogen (secondary N) is 1. The van der Waals surface area contributed by atoms with Crippen LogP contribution in [-0.4, -0.2) is 47.2 Å². The van der Waals surface area contributed by atoms with E-state index in [1.54, 1.807) is 25.4 Å². The molecule has 2 heterocycles. The third-order valence-electron chi connectivity index (χ3n) is 6.30. The number of carboxylic acid groups (broad SMARTS) is 1. The summed E-state index contributed by atoms with van der Waals surface area (Å²) in [5.74, 6) is 0.180. The predicted molar refractivity (Wildman–Crippen MR) is 129 cm³/mol. The molecule has 1 aliphatic heterocycles. The summed E-state index contributed by atoms with van der Waals surface area (Å²) >= 11 is 0. The van der Waals surface area contributed by atoms with Crippen LogP contribution >= 0.6 is 0 Å². The van der Waals surface area contributed by atoms with Gasteiger partial charge in [0.05, 0.1) is 34.8 Å². The average Bonchev–Trinajstić information content (AvgIpc) is 3.34. The van der Waals surface area contributed by atoms with E-state index in [0.29, 0.717) is 34.5 Å². The molecule has 0 spiro atoms. The normalized spacial score (nSPS) is 15.5. The Morgan fingerprint density at radius 1 is 1.09 bits per heavy atom. The van der Waals surface area contributed by atoms with Crippen molar-refractivity contribution < 1.29 is 19.4 Å². The van der Waals surface area contributed by atoms with E-state index in [1.165, 1.54) is 17.0 Å². The molecule has 174 valence electrons. The SMILES string of the molecule is CN1C(=O)c2ccccc2N(C)c2nc(Nc3ccc(C(=O)O)cc3OC3CCCC3)ncc21. The van der Waals surface area contributed by atoms with Crippen molar-refractivity contribution in [3.63, 3.8) is 0 Å². The molecule has 34 heavy (non-hydrogen) atoms. The molecule has 1 aliphatic carbocycles. The summed E-state index contributed by atoms with van der Waals surface area (Å²) in [4.78, 5) is 37.0. The zero-order chi connectivity index (χ0) is 23.8. The lowest BCUT2D eigenvalue weighted by atomic mass is 10.1. The van der Waals surface area contributed by atoms with Crippen molar-refractivity contribution in [2.45, 2.75) is 31.8 Å². The van der Waals surface area contributed by atoms with Gasteiger partial charge in [0.15, 0.2) is 5.82 Å². The first-order chi connectivity index (χ1) is 16.4. The van der Waals surface area contributed by atoms with E-state index in [0.717, 1.165) is 31.4 Å². The molecule has 0 bridgehead atoms. The largest absolute Gasteiger partial charge is 0.488 e. The Balaban J connectivity index is 1.51. The minimum atomic E-state index is -1.02. The number of aromatic carboxylic acids is 1. The van der Waals surface area contributed by atoms with Crippen molar-refractivity contribution in [2.24, 2.45) is 0 Å². The van der Waals surface area contributed by atoms with Crippen molar-refractivity contribution in [3.8, 4) is 5.75 Å². The molecule has 3 aromatic rings. The minimum absolute atomic E-state index is 0.0554. The maximum atomic E-state index is 13.0. The van der Waals surface area contributed by atoms with E-state index in [4.69, 9.17) is 9.72 Å². The Hall–Kier alpha value is -4.14. The molecule has 2 aliphatic rings. The van der Waals surface area contributed by atoms with Crippen molar-refractivity contribution in [1.29, 1.82) is 0 Å².